The molecular formula is C12H24N2O3. The summed E-state index contributed by atoms with van der Waals surface area (Å²) in [6, 6.07) is 0. The molecule has 1 fully saturated rings. The summed E-state index contributed by atoms with van der Waals surface area (Å²) in [6.45, 7) is 5.57. The van der Waals surface area contributed by atoms with Gasteiger partial charge in [0.15, 0.2) is 0 Å². The Morgan fingerprint density at radius 3 is 2.76 bits per heavy atom. The molecule has 0 saturated carbocycles. The van der Waals surface area contributed by atoms with Crippen LogP contribution in [0.5, 0.6) is 0 Å². The topological polar surface area (TPSA) is 84.6 Å². The lowest BCUT2D eigenvalue weighted by atomic mass is 9.96. The summed E-state index contributed by atoms with van der Waals surface area (Å²) >= 11 is 0. The van der Waals surface area contributed by atoms with Gasteiger partial charge in [-0.25, -0.2) is 0 Å². The smallest absolute Gasteiger partial charge is 0.224 e. The Bertz CT molecular complexity index is 250. The monoisotopic (exact) mass is 244 g/mol. The van der Waals surface area contributed by atoms with Crippen molar-refractivity contribution in [2.24, 2.45) is 17.6 Å². The third kappa shape index (κ3) is 4.61. The number of rotatable bonds is 6. The molecule has 1 aliphatic heterocycles. The Kier molecular flexibility index (Phi) is 5.36. The number of hydrogen-bond donors (Lipinski definition) is 3. The van der Waals surface area contributed by atoms with Crippen LogP contribution in [0.2, 0.25) is 0 Å². The number of amides is 1. The van der Waals surface area contributed by atoms with Crippen molar-refractivity contribution in [3.8, 4) is 0 Å². The van der Waals surface area contributed by atoms with Crippen molar-refractivity contribution in [1.82, 2.24) is 5.32 Å². The van der Waals surface area contributed by atoms with Crippen LogP contribution < -0.4 is 11.1 Å². The average molecular weight is 244 g/mol. The van der Waals surface area contributed by atoms with Gasteiger partial charge in [0, 0.05) is 26.1 Å². The van der Waals surface area contributed by atoms with Gasteiger partial charge in [0.25, 0.3) is 0 Å². The van der Waals surface area contributed by atoms with E-state index in [0.717, 1.165) is 6.42 Å². The van der Waals surface area contributed by atoms with Crippen LogP contribution in [0.3, 0.4) is 0 Å². The van der Waals surface area contributed by atoms with E-state index in [1.807, 2.05) is 0 Å². The molecular weight excluding hydrogens is 220 g/mol. The molecule has 0 spiro atoms. The Hall–Kier alpha value is -0.650. The molecule has 0 aromatic carbocycles. The van der Waals surface area contributed by atoms with Crippen LogP contribution in [0.15, 0.2) is 0 Å². The van der Waals surface area contributed by atoms with Gasteiger partial charge in [0.2, 0.25) is 5.91 Å². The maximum atomic E-state index is 11.9. The maximum Gasteiger partial charge on any atom is 0.224 e. The fraction of sp³-hybridized carbons (Fsp3) is 0.917. The number of aliphatic hydroxyl groups is 1. The van der Waals surface area contributed by atoms with E-state index >= 15 is 0 Å². The van der Waals surface area contributed by atoms with Crippen LogP contribution in [0.25, 0.3) is 0 Å². The number of hydrogen-bond acceptors (Lipinski definition) is 4. The van der Waals surface area contributed by atoms with Crippen LogP contribution in [-0.2, 0) is 9.53 Å². The van der Waals surface area contributed by atoms with Gasteiger partial charge >= 0.3 is 0 Å². The molecule has 17 heavy (non-hydrogen) atoms. The second-order valence-corrected chi connectivity index (χ2v) is 5.31. The molecule has 1 aliphatic rings. The van der Waals surface area contributed by atoms with Crippen molar-refractivity contribution < 1.29 is 14.6 Å². The molecule has 2 unspecified atom stereocenters. The van der Waals surface area contributed by atoms with Crippen LogP contribution >= 0.6 is 0 Å². The first kappa shape index (κ1) is 14.4. The van der Waals surface area contributed by atoms with Gasteiger partial charge in [0.1, 0.15) is 5.60 Å². The predicted molar refractivity (Wildman–Crippen MR) is 65.4 cm³/mol. The largest absolute Gasteiger partial charge is 0.386 e. The molecule has 1 rings (SSSR count). The van der Waals surface area contributed by atoms with Crippen molar-refractivity contribution in [2.45, 2.75) is 32.3 Å². The summed E-state index contributed by atoms with van der Waals surface area (Å²) in [7, 11) is 0. The molecule has 5 nitrogen and oxygen atoms in total. The first-order valence-corrected chi connectivity index (χ1v) is 6.25. The first-order valence-electron chi connectivity index (χ1n) is 6.25. The highest BCUT2D eigenvalue weighted by Gasteiger charge is 2.33. The lowest BCUT2D eigenvalue weighted by molar-refractivity contribution is -0.126. The number of ether oxygens (including phenoxy) is 1. The highest BCUT2D eigenvalue weighted by molar-refractivity contribution is 5.78. The lowest BCUT2D eigenvalue weighted by Crippen LogP contribution is -2.46. The summed E-state index contributed by atoms with van der Waals surface area (Å²) in [5.41, 5.74) is 4.69. The first-order chi connectivity index (χ1) is 7.97. The van der Waals surface area contributed by atoms with Crippen LogP contribution in [0.1, 0.15) is 26.7 Å². The Labute approximate surface area is 103 Å². The van der Waals surface area contributed by atoms with Crippen molar-refractivity contribution in [3.63, 3.8) is 0 Å². The van der Waals surface area contributed by atoms with Crippen molar-refractivity contribution in [2.75, 3.05) is 26.3 Å². The molecule has 5 heteroatoms. The molecule has 0 aromatic heterocycles. The van der Waals surface area contributed by atoms with Gasteiger partial charge in [-0.05, 0) is 12.3 Å². The van der Waals surface area contributed by atoms with E-state index in [0.29, 0.717) is 32.1 Å². The molecule has 0 aromatic rings. The van der Waals surface area contributed by atoms with Gasteiger partial charge in [-0.2, -0.15) is 0 Å². The molecule has 0 bridgehead atoms. The Morgan fingerprint density at radius 2 is 2.29 bits per heavy atom. The highest BCUT2D eigenvalue weighted by atomic mass is 16.5. The third-order valence-corrected chi connectivity index (χ3v) is 3.09. The minimum atomic E-state index is -0.896. The molecule has 2 atom stereocenters. The van der Waals surface area contributed by atoms with Crippen LogP contribution in [0.4, 0.5) is 0 Å². The van der Waals surface area contributed by atoms with Gasteiger partial charge < -0.3 is 20.9 Å². The van der Waals surface area contributed by atoms with E-state index in [-0.39, 0.29) is 18.4 Å². The molecule has 1 heterocycles. The fourth-order valence-electron chi connectivity index (χ4n) is 2.01. The molecule has 1 amide bonds. The Balaban J connectivity index is 2.36. The van der Waals surface area contributed by atoms with E-state index in [1.165, 1.54) is 0 Å². The second kappa shape index (κ2) is 6.33. The number of carbonyl (C=O) groups is 1. The van der Waals surface area contributed by atoms with Crippen molar-refractivity contribution >= 4 is 5.91 Å². The van der Waals surface area contributed by atoms with Gasteiger partial charge in [-0.15, -0.1) is 0 Å². The zero-order chi connectivity index (χ0) is 12.9. The van der Waals surface area contributed by atoms with E-state index in [1.54, 1.807) is 0 Å². The minimum Gasteiger partial charge on any atom is -0.386 e. The molecule has 4 N–H and O–H groups in total. The van der Waals surface area contributed by atoms with Gasteiger partial charge in [-0.1, -0.05) is 13.8 Å². The summed E-state index contributed by atoms with van der Waals surface area (Å²) in [5.74, 6) is 0.203. The van der Waals surface area contributed by atoms with Gasteiger partial charge in [-0.3, -0.25) is 4.79 Å². The quantitative estimate of drug-likeness (QED) is 0.608. The molecule has 0 aliphatic carbocycles. The summed E-state index contributed by atoms with van der Waals surface area (Å²) in [6.07, 6.45) is 1.35. The average Bonchev–Trinajstić information content (AvgIpc) is 2.70. The number of nitrogens with one attached hydrogen (secondary N) is 1. The zero-order valence-corrected chi connectivity index (χ0v) is 10.7. The SMILES string of the molecule is CC(C)CC(CN)C(=O)NCC1(O)CCOC1. The fourth-order valence-corrected chi connectivity index (χ4v) is 2.01. The zero-order valence-electron chi connectivity index (χ0n) is 10.7. The standard InChI is InChI=1S/C12H24N2O3/c1-9(2)5-10(6-13)11(15)14-7-12(16)3-4-17-8-12/h9-10,16H,3-8,13H2,1-2H3,(H,14,15). The molecule has 0 radical (unpaired) electrons. The summed E-state index contributed by atoms with van der Waals surface area (Å²) < 4.78 is 5.12. The van der Waals surface area contributed by atoms with E-state index in [4.69, 9.17) is 10.5 Å². The van der Waals surface area contributed by atoms with Crippen LogP contribution in [0, 0.1) is 11.8 Å². The maximum absolute atomic E-state index is 11.9. The molecule has 1 saturated heterocycles. The van der Waals surface area contributed by atoms with Gasteiger partial charge in [0.05, 0.1) is 12.5 Å². The van der Waals surface area contributed by atoms with Crippen LogP contribution in [-0.4, -0.2) is 42.9 Å². The molecule has 100 valence electrons. The third-order valence-electron chi connectivity index (χ3n) is 3.09. The van der Waals surface area contributed by atoms with Crippen molar-refractivity contribution in [1.29, 1.82) is 0 Å². The normalized spacial score (nSPS) is 26.2. The van der Waals surface area contributed by atoms with Crippen molar-refractivity contribution in [3.05, 3.63) is 0 Å². The summed E-state index contributed by atoms with van der Waals surface area (Å²) in [4.78, 5) is 11.9. The van der Waals surface area contributed by atoms with E-state index in [9.17, 15) is 9.90 Å². The predicted octanol–water partition coefficient (Wildman–Crippen LogP) is -0.125. The van der Waals surface area contributed by atoms with E-state index < -0.39 is 5.60 Å². The number of carbonyl (C=O) groups excluding carboxylic acids is 1. The Morgan fingerprint density at radius 1 is 1.59 bits per heavy atom. The second-order valence-electron chi connectivity index (χ2n) is 5.31. The minimum absolute atomic E-state index is 0.0680. The summed E-state index contributed by atoms with van der Waals surface area (Å²) in [5, 5.41) is 12.8. The lowest BCUT2D eigenvalue weighted by Gasteiger charge is -2.23. The van der Waals surface area contributed by atoms with E-state index in [2.05, 4.69) is 19.2 Å². The number of nitrogens with two attached hydrogens (primary N) is 1. The highest BCUT2D eigenvalue weighted by Crippen LogP contribution is 2.17.